The first-order valence-corrected chi connectivity index (χ1v) is 7.39. The van der Waals surface area contributed by atoms with E-state index in [2.05, 4.69) is 10.6 Å². The Hall–Kier alpha value is -1.91. The predicted octanol–water partition coefficient (Wildman–Crippen LogP) is 4.36. The van der Waals surface area contributed by atoms with E-state index in [0.29, 0.717) is 27.2 Å². The fourth-order valence-electron chi connectivity index (χ4n) is 1.93. The van der Waals surface area contributed by atoms with Crippen molar-refractivity contribution in [1.82, 2.24) is 0 Å². The molecule has 0 aliphatic carbocycles. The molecular formula is C16H16Cl2N2O2. The van der Waals surface area contributed by atoms with Gasteiger partial charge in [0.1, 0.15) is 5.75 Å². The molecule has 0 aliphatic heterocycles. The van der Waals surface area contributed by atoms with Gasteiger partial charge >= 0.3 is 0 Å². The summed E-state index contributed by atoms with van der Waals surface area (Å²) in [6, 6.07) is 10.5. The maximum absolute atomic E-state index is 12.0. The molecule has 2 rings (SSSR count). The molecule has 2 N–H and O–H groups in total. The Morgan fingerprint density at radius 1 is 1.18 bits per heavy atom. The van der Waals surface area contributed by atoms with Gasteiger partial charge in [-0.25, -0.2) is 0 Å². The van der Waals surface area contributed by atoms with Gasteiger partial charge < -0.3 is 15.4 Å². The Morgan fingerprint density at radius 2 is 1.95 bits per heavy atom. The molecule has 0 spiro atoms. The van der Waals surface area contributed by atoms with Gasteiger partial charge in [-0.1, -0.05) is 29.3 Å². The summed E-state index contributed by atoms with van der Waals surface area (Å²) in [7, 11) is 1.56. The fourth-order valence-corrected chi connectivity index (χ4v) is 2.28. The van der Waals surface area contributed by atoms with Gasteiger partial charge in [-0.3, -0.25) is 4.79 Å². The van der Waals surface area contributed by atoms with Crippen LogP contribution in [0.15, 0.2) is 36.4 Å². The minimum absolute atomic E-state index is 0.0860. The zero-order valence-electron chi connectivity index (χ0n) is 12.2. The van der Waals surface area contributed by atoms with Crippen LogP contribution in [0.5, 0.6) is 5.75 Å². The highest BCUT2D eigenvalue weighted by atomic mass is 35.5. The van der Waals surface area contributed by atoms with Gasteiger partial charge in [-0.15, -0.1) is 0 Å². The average molecular weight is 339 g/mol. The number of anilines is 2. The van der Waals surface area contributed by atoms with Crippen molar-refractivity contribution in [3.63, 3.8) is 0 Å². The lowest BCUT2D eigenvalue weighted by Crippen LogP contribution is -2.22. The highest BCUT2D eigenvalue weighted by Crippen LogP contribution is 2.27. The Morgan fingerprint density at radius 3 is 2.68 bits per heavy atom. The first-order chi connectivity index (χ1) is 10.5. The highest BCUT2D eigenvalue weighted by molar-refractivity contribution is 6.32. The first-order valence-electron chi connectivity index (χ1n) is 6.63. The zero-order chi connectivity index (χ0) is 16.1. The zero-order valence-corrected chi connectivity index (χ0v) is 13.8. The van der Waals surface area contributed by atoms with Crippen molar-refractivity contribution in [2.75, 3.05) is 24.3 Å². The quantitative estimate of drug-likeness (QED) is 0.851. The molecule has 0 saturated carbocycles. The van der Waals surface area contributed by atoms with Crippen LogP contribution in [0.3, 0.4) is 0 Å². The smallest absolute Gasteiger partial charge is 0.243 e. The van der Waals surface area contributed by atoms with Crippen LogP contribution in [-0.2, 0) is 4.79 Å². The molecule has 4 nitrogen and oxygen atoms in total. The fraction of sp³-hybridized carbons (Fsp3) is 0.188. The van der Waals surface area contributed by atoms with Crippen LogP contribution < -0.4 is 15.4 Å². The maximum Gasteiger partial charge on any atom is 0.243 e. The van der Waals surface area contributed by atoms with Crippen molar-refractivity contribution >= 4 is 40.5 Å². The number of hydrogen-bond donors (Lipinski definition) is 2. The number of carbonyl (C=O) groups excluding carboxylic acids is 1. The molecule has 0 atom stereocenters. The summed E-state index contributed by atoms with van der Waals surface area (Å²) in [5.74, 6) is 0.434. The van der Waals surface area contributed by atoms with Gasteiger partial charge in [0.05, 0.1) is 19.3 Å². The molecule has 116 valence electrons. The summed E-state index contributed by atoms with van der Waals surface area (Å²) in [6.45, 7) is 1.94. The second-order valence-electron chi connectivity index (χ2n) is 4.66. The van der Waals surface area contributed by atoms with E-state index in [4.69, 9.17) is 27.9 Å². The Balaban J connectivity index is 2.01. The molecule has 2 aromatic rings. The summed E-state index contributed by atoms with van der Waals surface area (Å²) in [4.78, 5) is 12.0. The molecule has 0 aliphatic rings. The molecule has 0 bridgehead atoms. The number of amides is 1. The number of rotatable bonds is 5. The lowest BCUT2D eigenvalue weighted by Gasteiger charge is -2.13. The molecule has 1 amide bonds. The van der Waals surface area contributed by atoms with Gasteiger partial charge in [0, 0.05) is 15.7 Å². The number of hydrogen-bond acceptors (Lipinski definition) is 3. The van der Waals surface area contributed by atoms with E-state index in [1.165, 1.54) is 0 Å². The van der Waals surface area contributed by atoms with Gasteiger partial charge in [0.25, 0.3) is 0 Å². The van der Waals surface area contributed by atoms with Crippen molar-refractivity contribution in [3.8, 4) is 5.75 Å². The molecule has 22 heavy (non-hydrogen) atoms. The summed E-state index contributed by atoms with van der Waals surface area (Å²) < 4.78 is 5.22. The van der Waals surface area contributed by atoms with Crippen molar-refractivity contribution in [2.45, 2.75) is 6.92 Å². The third-order valence-electron chi connectivity index (χ3n) is 3.14. The molecular weight excluding hydrogens is 323 g/mol. The third-order valence-corrected chi connectivity index (χ3v) is 3.79. The summed E-state index contributed by atoms with van der Waals surface area (Å²) in [5.41, 5.74) is 2.18. The van der Waals surface area contributed by atoms with Crippen LogP contribution in [0, 0.1) is 6.92 Å². The number of benzene rings is 2. The van der Waals surface area contributed by atoms with E-state index in [9.17, 15) is 4.79 Å². The SMILES string of the molecule is COc1ccc(Cl)cc1NCC(=O)Nc1cccc(Cl)c1C. The molecule has 2 aromatic carbocycles. The van der Waals surface area contributed by atoms with E-state index >= 15 is 0 Å². The van der Waals surface area contributed by atoms with Gasteiger partial charge in [-0.05, 0) is 42.8 Å². The summed E-state index contributed by atoms with van der Waals surface area (Å²) in [6.07, 6.45) is 0. The Labute approximate surface area is 139 Å². The van der Waals surface area contributed by atoms with Crippen LogP contribution in [0.25, 0.3) is 0 Å². The highest BCUT2D eigenvalue weighted by Gasteiger charge is 2.09. The third kappa shape index (κ3) is 4.06. The van der Waals surface area contributed by atoms with Gasteiger partial charge in [0.2, 0.25) is 5.91 Å². The first kappa shape index (κ1) is 16.5. The van der Waals surface area contributed by atoms with Crippen LogP contribution >= 0.6 is 23.2 Å². The van der Waals surface area contributed by atoms with Crippen molar-refractivity contribution in [2.24, 2.45) is 0 Å². The minimum atomic E-state index is -0.188. The topological polar surface area (TPSA) is 50.4 Å². The molecule has 0 radical (unpaired) electrons. The van der Waals surface area contributed by atoms with Crippen molar-refractivity contribution < 1.29 is 9.53 Å². The van der Waals surface area contributed by atoms with E-state index in [0.717, 1.165) is 5.56 Å². The average Bonchev–Trinajstić information content (AvgIpc) is 2.50. The maximum atomic E-state index is 12.0. The molecule has 0 unspecified atom stereocenters. The monoisotopic (exact) mass is 338 g/mol. The van der Waals surface area contributed by atoms with Crippen molar-refractivity contribution in [3.05, 3.63) is 52.0 Å². The number of ether oxygens (including phenoxy) is 1. The van der Waals surface area contributed by atoms with Crippen LogP contribution in [0.2, 0.25) is 10.0 Å². The van der Waals surface area contributed by atoms with Crippen molar-refractivity contribution in [1.29, 1.82) is 0 Å². The molecule has 0 aromatic heterocycles. The Bertz CT molecular complexity index is 690. The molecule has 0 heterocycles. The minimum Gasteiger partial charge on any atom is -0.495 e. The molecule has 0 saturated heterocycles. The second kappa shape index (κ2) is 7.38. The van der Waals surface area contributed by atoms with Gasteiger partial charge in [0.15, 0.2) is 0 Å². The van der Waals surface area contributed by atoms with E-state index in [1.54, 1.807) is 43.5 Å². The van der Waals surface area contributed by atoms with Crippen LogP contribution in [0.1, 0.15) is 5.56 Å². The van der Waals surface area contributed by atoms with E-state index in [-0.39, 0.29) is 12.5 Å². The second-order valence-corrected chi connectivity index (χ2v) is 5.50. The number of nitrogens with one attached hydrogen (secondary N) is 2. The van der Waals surface area contributed by atoms with Crippen LogP contribution in [-0.4, -0.2) is 19.6 Å². The van der Waals surface area contributed by atoms with Crippen LogP contribution in [0.4, 0.5) is 11.4 Å². The van der Waals surface area contributed by atoms with Gasteiger partial charge in [-0.2, -0.15) is 0 Å². The summed E-state index contributed by atoms with van der Waals surface area (Å²) >= 11 is 12.0. The number of halogens is 2. The normalized spacial score (nSPS) is 10.2. The Kier molecular flexibility index (Phi) is 5.52. The lowest BCUT2D eigenvalue weighted by atomic mass is 10.2. The molecule has 0 fully saturated rings. The number of methoxy groups -OCH3 is 1. The van der Waals surface area contributed by atoms with E-state index in [1.807, 2.05) is 6.92 Å². The standard InChI is InChI=1S/C16H16Cl2N2O2/c1-10-12(18)4-3-5-13(10)20-16(21)9-19-14-8-11(17)6-7-15(14)22-2/h3-8,19H,9H2,1-2H3,(H,20,21). The van der Waals surface area contributed by atoms with E-state index < -0.39 is 0 Å². The summed E-state index contributed by atoms with van der Waals surface area (Å²) in [5, 5.41) is 7.00. The largest absolute Gasteiger partial charge is 0.495 e. The predicted molar refractivity (Wildman–Crippen MR) is 91.3 cm³/mol. The molecule has 6 heteroatoms. The lowest BCUT2D eigenvalue weighted by molar-refractivity contribution is -0.114. The number of carbonyl (C=O) groups is 1.